The van der Waals surface area contributed by atoms with Gasteiger partial charge in [-0.1, -0.05) is 13.3 Å². The van der Waals surface area contributed by atoms with Crippen LogP contribution in [-0.4, -0.2) is 58.0 Å². The largest absolute Gasteiger partial charge is 0.385 e. The van der Waals surface area contributed by atoms with Gasteiger partial charge in [0.05, 0.1) is 6.61 Å². The van der Waals surface area contributed by atoms with Crippen LogP contribution in [0.5, 0.6) is 0 Å². The molecule has 19 heavy (non-hydrogen) atoms. The molecule has 0 amide bonds. The van der Waals surface area contributed by atoms with Gasteiger partial charge in [0, 0.05) is 40.0 Å². The summed E-state index contributed by atoms with van der Waals surface area (Å²) < 4.78 is 10.4. The SMILES string of the molecule is COCCCN(CCOC)C1CC(C)CCC1CN. The summed E-state index contributed by atoms with van der Waals surface area (Å²) in [6.45, 7) is 6.90. The molecular weight excluding hydrogens is 240 g/mol. The molecule has 2 N–H and O–H groups in total. The van der Waals surface area contributed by atoms with Gasteiger partial charge in [0.2, 0.25) is 0 Å². The fourth-order valence-electron chi connectivity index (χ4n) is 3.20. The lowest BCUT2D eigenvalue weighted by Crippen LogP contribution is -2.48. The highest BCUT2D eigenvalue weighted by atomic mass is 16.5. The van der Waals surface area contributed by atoms with Gasteiger partial charge >= 0.3 is 0 Å². The van der Waals surface area contributed by atoms with Crippen LogP contribution in [-0.2, 0) is 9.47 Å². The lowest BCUT2D eigenvalue weighted by molar-refractivity contribution is 0.0526. The standard InChI is InChI=1S/C15H32N2O2/c1-13-5-6-14(12-16)15(11-13)17(8-10-19-3)7-4-9-18-2/h13-15H,4-12,16H2,1-3H3. The van der Waals surface area contributed by atoms with Crippen LogP contribution < -0.4 is 5.73 Å². The van der Waals surface area contributed by atoms with Crippen LogP contribution in [0.2, 0.25) is 0 Å². The molecule has 0 radical (unpaired) electrons. The van der Waals surface area contributed by atoms with Crippen molar-refractivity contribution in [2.45, 2.75) is 38.6 Å². The molecule has 0 bridgehead atoms. The summed E-state index contributed by atoms with van der Waals surface area (Å²) in [4.78, 5) is 2.58. The van der Waals surface area contributed by atoms with Gasteiger partial charge in [-0.25, -0.2) is 0 Å². The first kappa shape index (κ1) is 16.9. The zero-order chi connectivity index (χ0) is 14.1. The summed E-state index contributed by atoms with van der Waals surface area (Å²) in [5, 5.41) is 0. The van der Waals surface area contributed by atoms with Crippen LogP contribution >= 0.6 is 0 Å². The van der Waals surface area contributed by atoms with E-state index in [9.17, 15) is 0 Å². The molecular formula is C15H32N2O2. The first-order valence-electron chi connectivity index (χ1n) is 7.64. The maximum Gasteiger partial charge on any atom is 0.0589 e. The molecule has 1 rings (SSSR count). The smallest absolute Gasteiger partial charge is 0.0589 e. The number of rotatable bonds is 9. The van der Waals surface area contributed by atoms with Crippen molar-refractivity contribution >= 4 is 0 Å². The molecule has 3 unspecified atom stereocenters. The summed E-state index contributed by atoms with van der Waals surface area (Å²) in [6.07, 6.45) is 4.96. The molecule has 1 saturated carbocycles. The average molecular weight is 272 g/mol. The molecule has 0 heterocycles. The van der Waals surface area contributed by atoms with Gasteiger partial charge in [0.25, 0.3) is 0 Å². The second-order valence-corrected chi connectivity index (χ2v) is 5.86. The van der Waals surface area contributed by atoms with Crippen LogP contribution in [0, 0.1) is 11.8 Å². The minimum atomic E-state index is 0.626. The van der Waals surface area contributed by atoms with E-state index in [4.69, 9.17) is 15.2 Å². The van der Waals surface area contributed by atoms with Gasteiger partial charge < -0.3 is 15.2 Å². The monoisotopic (exact) mass is 272 g/mol. The van der Waals surface area contributed by atoms with Crippen LogP contribution in [0.15, 0.2) is 0 Å². The Morgan fingerprint density at radius 3 is 2.47 bits per heavy atom. The van der Waals surface area contributed by atoms with Gasteiger partial charge in [-0.15, -0.1) is 0 Å². The Morgan fingerprint density at radius 2 is 1.84 bits per heavy atom. The summed E-state index contributed by atoms with van der Waals surface area (Å²) in [6, 6.07) is 0.626. The third-order valence-electron chi connectivity index (χ3n) is 4.37. The van der Waals surface area contributed by atoms with Gasteiger partial charge in [-0.05, 0) is 37.6 Å². The van der Waals surface area contributed by atoms with Crippen LogP contribution in [0.1, 0.15) is 32.6 Å². The normalized spacial score (nSPS) is 27.9. The Hall–Kier alpha value is -0.160. The van der Waals surface area contributed by atoms with E-state index in [1.165, 1.54) is 19.3 Å². The molecule has 1 aliphatic rings. The van der Waals surface area contributed by atoms with Gasteiger partial charge in [-0.2, -0.15) is 0 Å². The van der Waals surface area contributed by atoms with Gasteiger partial charge in [0.1, 0.15) is 0 Å². The van der Waals surface area contributed by atoms with E-state index in [2.05, 4.69) is 11.8 Å². The van der Waals surface area contributed by atoms with Crippen molar-refractivity contribution < 1.29 is 9.47 Å². The summed E-state index contributed by atoms with van der Waals surface area (Å²) in [5.41, 5.74) is 5.98. The Kier molecular flexibility index (Phi) is 8.62. The highest BCUT2D eigenvalue weighted by molar-refractivity contribution is 4.86. The average Bonchev–Trinajstić information content (AvgIpc) is 2.42. The number of methoxy groups -OCH3 is 2. The van der Waals surface area contributed by atoms with Gasteiger partial charge in [-0.3, -0.25) is 4.90 Å². The van der Waals surface area contributed by atoms with E-state index in [-0.39, 0.29) is 0 Å². The predicted molar refractivity (Wildman–Crippen MR) is 79.3 cm³/mol. The van der Waals surface area contributed by atoms with E-state index in [1.807, 2.05) is 0 Å². The maximum atomic E-state index is 5.98. The molecule has 0 aromatic rings. The summed E-state index contributed by atoms with van der Waals surface area (Å²) in [7, 11) is 3.54. The zero-order valence-electron chi connectivity index (χ0n) is 12.9. The minimum absolute atomic E-state index is 0.626. The van der Waals surface area contributed by atoms with E-state index < -0.39 is 0 Å². The second kappa shape index (κ2) is 9.70. The molecule has 0 aromatic carbocycles. The molecule has 0 aromatic heterocycles. The number of hydrogen-bond acceptors (Lipinski definition) is 4. The second-order valence-electron chi connectivity index (χ2n) is 5.86. The van der Waals surface area contributed by atoms with Crippen molar-refractivity contribution in [1.82, 2.24) is 4.90 Å². The van der Waals surface area contributed by atoms with E-state index in [0.717, 1.165) is 45.2 Å². The molecule has 0 spiro atoms. The highest BCUT2D eigenvalue weighted by Gasteiger charge is 2.31. The van der Waals surface area contributed by atoms with Crippen molar-refractivity contribution in [3.8, 4) is 0 Å². The fraction of sp³-hybridized carbons (Fsp3) is 1.00. The van der Waals surface area contributed by atoms with E-state index >= 15 is 0 Å². The molecule has 114 valence electrons. The van der Waals surface area contributed by atoms with Crippen molar-refractivity contribution in [2.24, 2.45) is 17.6 Å². The first-order chi connectivity index (χ1) is 9.22. The predicted octanol–water partition coefficient (Wildman–Crippen LogP) is 1.73. The van der Waals surface area contributed by atoms with E-state index in [1.54, 1.807) is 14.2 Å². The van der Waals surface area contributed by atoms with E-state index in [0.29, 0.717) is 12.0 Å². The highest BCUT2D eigenvalue weighted by Crippen LogP contribution is 2.31. The minimum Gasteiger partial charge on any atom is -0.385 e. The summed E-state index contributed by atoms with van der Waals surface area (Å²) >= 11 is 0. The Bertz CT molecular complexity index is 226. The lowest BCUT2D eigenvalue weighted by atomic mass is 9.78. The quantitative estimate of drug-likeness (QED) is 0.650. The van der Waals surface area contributed by atoms with Crippen molar-refractivity contribution in [1.29, 1.82) is 0 Å². The molecule has 3 atom stereocenters. The molecule has 0 aliphatic heterocycles. The van der Waals surface area contributed by atoms with Crippen LogP contribution in [0.3, 0.4) is 0 Å². The van der Waals surface area contributed by atoms with Gasteiger partial charge in [0.15, 0.2) is 0 Å². The summed E-state index contributed by atoms with van der Waals surface area (Å²) in [5.74, 6) is 1.47. The number of nitrogens with zero attached hydrogens (tertiary/aromatic N) is 1. The third-order valence-corrected chi connectivity index (χ3v) is 4.37. The van der Waals surface area contributed by atoms with Crippen molar-refractivity contribution in [3.63, 3.8) is 0 Å². The Morgan fingerprint density at radius 1 is 1.11 bits per heavy atom. The zero-order valence-corrected chi connectivity index (χ0v) is 12.9. The first-order valence-corrected chi connectivity index (χ1v) is 7.64. The third kappa shape index (κ3) is 5.78. The molecule has 1 aliphatic carbocycles. The Labute approximate surface area is 118 Å². The maximum absolute atomic E-state index is 5.98. The lowest BCUT2D eigenvalue weighted by Gasteiger charge is -2.42. The Balaban J connectivity index is 2.57. The molecule has 1 fully saturated rings. The molecule has 4 heteroatoms. The number of hydrogen-bond donors (Lipinski definition) is 1. The van der Waals surface area contributed by atoms with Crippen LogP contribution in [0.25, 0.3) is 0 Å². The topological polar surface area (TPSA) is 47.7 Å². The number of nitrogens with two attached hydrogens (primary N) is 1. The van der Waals surface area contributed by atoms with Crippen LogP contribution in [0.4, 0.5) is 0 Å². The molecule has 0 saturated heterocycles. The fourth-order valence-corrected chi connectivity index (χ4v) is 3.20. The van der Waals surface area contributed by atoms with Crippen molar-refractivity contribution in [3.05, 3.63) is 0 Å². The molecule has 4 nitrogen and oxygen atoms in total. The number of ether oxygens (including phenoxy) is 2. The van der Waals surface area contributed by atoms with Crippen molar-refractivity contribution in [2.75, 3.05) is 47.1 Å².